The molecular weight excluding hydrogens is 296 g/mol. The van der Waals surface area contributed by atoms with Crippen LogP contribution < -0.4 is 10.5 Å². The van der Waals surface area contributed by atoms with E-state index in [1.807, 2.05) is 20.8 Å². The van der Waals surface area contributed by atoms with Gasteiger partial charge in [-0.3, -0.25) is 0 Å². The number of sulfonamides is 1. The Balaban J connectivity index is 2.81. The zero-order chi connectivity index (χ0) is 15.4. The van der Waals surface area contributed by atoms with E-state index in [1.54, 1.807) is 12.1 Å². The molecule has 0 unspecified atom stereocenters. The van der Waals surface area contributed by atoms with Crippen molar-refractivity contribution in [3.8, 4) is 0 Å². The summed E-state index contributed by atoms with van der Waals surface area (Å²) >= 11 is 4.82. The van der Waals surface area contributed by atoms with Gasteiger partial charge in [0.15, 0.2) is 0 Å². The van der Waals surface area contributed by atoms with Crippen LogP contribution in [0.5, 0.6) is 0 Å². The van der Waals surface area contributed by atoms with Crippen molar-refractivity contribution in [2.24, 2.45) is 5.73 Å². The highest BCUT2D eigenvalue weighted by Crippen LogP contribution is 2.13. The lowest BCUT2D eigenvalue weighted by Gasteiger charge is -2.24. The minimum Gasteiger partial charge on any atom is -0.389 e. The van der Waals surface area contributed by atoms with Crippen molar-refractivity contribution < 1.29 is 13.2 Å². The third-order valence-corrected chi connectivity index (χ3v) is 4.32. The summed E-state index contributed by atoms with van der Waals surface area (Å²) in [7, 11) is -3.57. The molecule has 0 heterocycles. The summed E-state index contributed by atoms with van der Waals surface area (Å²) < 4.78 is 32.2. The van der Waals surface area contributed by atoms with Gasteiger partial charge in [0.25, 0.3) is 0 Å². The molecule has 3 N–H and O–H groups in total. The van der Waals surface area contributed by atoms with Gasteiger partial charge in [-0.05, 0) is 32.9 Å². The van der Waals surface area contributed by atoms with Gasteiger partial charge < -0.3 is 10.5 Å². The number of rotatable bonds is 7. The normalized spacial score (nSPS) is 12.3. The maximum Gasteiger partial charge on any atom is 0.240 e. The Kier molecular flexibility index (Phi) is 5.64. The average Bonchev–Trinajstić information content (AvgIpc) is 2.37. The predicted octanol–water partition coefficient (Wildman–Crippen LogP) is 1.41. The molecule has 0 saturated carbocycles. The summed E-state index contributed by atoms with van der Waals surface area (Å²) in [4.78, 5) is 0.407. The zero-order valence-electron chi connectivity index (χ0n) is 11.8. The van der Waals surface area contributed by atoms with E-state index in [1.165, 1.54) is 12.1 Å². The molecule has 1 aromatic rings. The number of benzene rings is 1. The molecule has 0 aliphatic heterocycles. The molecule has 0 spiro atoms. The summed E-state index contributed by atoms with van der Waals surface area (Å²) in [5.74, 6) is 0. The quantitative estimate of drug-likeness (QED) is 0.744. The lowest BCUT2D eigenvalue weighted by atomic mass is 10.1. The summed E-state index contributed by atoms with van der Waals surface area (Å²) in [5, 5.41) is 0. The fraction of sp³-hybridized carbons (Fsp3) is 0.462. The highest BCUT2D eigenvalue weighted by atomic mass is 32.2. The van der Waals surface area contributed by atoms with Crippen LogP contribution in [0.2, 0.25) is 0 Å². The first-order valence-corrected chi connectivity index (χ1v) is 8.10. The SMILES string of the molecule is CCOC(C)(C)CNS(=O)(=O)c1ccc(C(N)=S)cc1. The van der Waals surface area contributed by atoms with Crippen molar-refractivity contribution in [3.05, 3.63) is 29.8 Å². The van der Waals surface area contributed by atoms with Gasteiger partial charge in [-0.25, -0.2) is 13.1 Å². The van der Waals surface area contributed by atoms with E-state index in [0.29, 0.717) is 12.2 Å². The fourth-order valence-corrected chi connectivity index (χ4v) is 2.93. The third-order valence-electron chi connectivity index (χ3n) is 2.67. The van der Waals surface area contributed by atoms with Gasteiger partial charge in [-0.1, -0.05) is 24.4 Å². The second-order valence-electron chi connectivity index (χ2n) is 4.91. The molecule has 0 fully saturated rings. The second kappa shape index (κ2) is 6.62. The van der Waals surface area contributed by atoms with Crippen molar-refractivity contribution in [1.82, 2.24) is 4.72 Å². The Bertz CT molecular complexity index is 566. The molecule has 20 heavy (non-hydrogen) atoms. The van der Waals surface area contributed by atoms with E-state index in [9.17, 15) is 8.42 Å². The molecular formula is C13H20N2O3S2. The molecule has 1 aromatic carbocycles. The third kappa shape index (κ3) is 4.82. The monoisotopic (exact) mass is 316 g/mol. The number of nitrogens with one attached hydrogen (secondary N) is 1. The van der Waals surface area contributed by atoms with Crippen molar-refractivity contribution in [2.75, 3.05) is 13.2 Å². The van der Waals surface area contributed by atoms with Crippen LogP contribution in [0.3, 0.4) is 0 Å². The van der Waals surface area contributed by atoms with E-state index >= 15 is 0 Å². The summed E-state index contributed by atoms with van der Waals surface area (Å²) in [5.41, 5.74) is 5.55. The first kappa shape index (κ1) is 17.0. The zero-order valence-corrected chi connectivity index (χ0v) is 13.5. The standard InChI is InChI=1S/C13H20N2O3S2/c1-4-18-13(2,3)9-15-20(16,17)11-7-5-10(6-8-11)12(14)19/h5-8,15H,4,9H2,1-3H3,(H2,14,19). The number of nitrogens with two attached hydrogens (primary N) is 1. The number of thiocarbonyl (C=S) groups is 1. The van der Waals surface area contributed by atoms with E-state index in [0.717, 1.165) is 0 Å². The van der Waals surface area contributed by atoms with Gasteiger partial charge in [-0.15, -0.1) is 0 Å². The van der Waals surface area contributed by atoms with Crippen LogP contribution >= 0.6 is 12.2 Å². The first-order chi connectivity index (χ1) is 9.18. The van der Waals surface area contributed by atoms with Crippen molar-refractivity contribution in [3.63, 3.8) is 0 Å². The van der Waals surface area contributed by atoms with E-state index in [4.69, 9.17) is 22.7 Å². The van der Waals surface area contributed by atoms with E-state index in [2.05, 4.69) is 4.72 Å². The van der Waals surface area contributed by atoms with Crippen LogP contribution in [0, 0.1) is 0 Å². The Morgan fingerprint density at radius 1 is 1.35 bits per heavy atom. The van der Waals surface area contributed by atoms with Crippen molar-refractivity contribution in [1.29, 1.82) is 0 Å². The number of hydrogen-bond acceptors (Lipinski definition) is 4. The minimum atomic E-state index is -3.57. The molecule has 112 valence electrons. The molecule has 0 aliphatic carbocycles. The molecule has 0 saturated heterocycles. The Hall–Kier alpha value is -1.02. The lowest BCUT2D eigenvalue weighted by molar-refractivity contribution is -0.00515. The average molecular weight is 316 g/mol. The van der Waals surface area contributed by atoms with Crippen molar-refractivity contribution >= 4 is 27.2 Å². The first-order valence-electron chi connectivity index (χ1n) is 6.21. The summed E-state index contributed by atoms with van der Waals surface area (Å²) in [6, 6.07) is 6.13. The minimum absolute atomic E-state index is 0.171. The van der Waals surface area contributed by atoms with Gasteiger partial charge in [0.1, 0.15) is 4.99 Å². The molecule has 0 radical (unpaired) electrons. The van der Waals surface area contributed by atoms with Gasteiger partial charge >= 0.3 is 0 Å². The molecule has 0 bridgehead atoms. The highest BCUT2D eigenvalue weighted by Gasteiger charge is 2.22. The molecule has 7 heteroatoms. The molecule has 1 rings (SSSR count). The van der Waals surface area contributed by atoms with Crippen LogP contribution in [0.4, 0.5) is 0 Å². The fourth-order valence-electron chi connectivity index (χ4n) is 1.59. The van der Waals surface area contributed by atoms with E-state index in [-0.39, 0.29) is 16.4 Å². The Morgan fingerprint density at radius 3 is 2.35 bits per heavy atom. The smallest absolute Gasteiger partial charge is 0.240 e. The van der Waals surface area contributed by atoms with Crippen LogP contribution in [-0.4, -0.2) is 32.2 Å². The topological polar surface area (TPSA) is 81.4 Å². The lowest BCUT2D eigenvalue weighted by Crippen LogP contribution is -2.40. The predicted molar refractivity (Wildman–Crippen MR) is 83.2 cm³/mol. The van der Waals surface area contributed by atoms with Crippen LogP contribution in [0.1, 0.15) is 26.3 Å². The van der Waals surface area contributed by atoms with Gasteiger partial charge in [-0.2, -0.15) is 0 Å². The van der Waals surface area contributed by atoms with Gasteiger partial charge in [0, 0.05) is 18.7 Å². The second-order valence-corrected chi connectivity index (χ2v) is 7.11. The van der Waals surface area contributed by atoms with Crippen LogP contribution in [0.25, 0.3) is 0 Å². The van der Waals surface area contributed by atoms with E-state index < -0.39 is 15.6 Å². The maximum absolute atomic E-state index is 12.1. The van der Waals surface area contributed by atoms with Crippen molar-refractivity contribution in [2.45, 2.75) is 31.3 Å². The number of ether oxygens (including phenoxy) is 1. The molecule has 0 atom stereocenters. The summed E-state index contributed by atoms with van der Waals surface area (Å²) in [6.45, 7) is 6.24. The maximum atomic E-state index is 12.1. The van der Waals surface area contributed by atoms with Gasteiger partial charge in [0.05, 0.1) is 10.5 Å². The Labute approximate surface area is 125 Å². The van der Waals surface area contributed by atoms with Crippen LogP contribution in [-0.2, 0) is 14.8 Å². The highest BCUT2D eigenvalue weighted by molar-refractivity contribution is 7.89. The molecule has 0 aromatic heterocycles. The summed E-state index contributed by atoms with van der Waals surface area (Å²) in [6.07, 6.45) is 0. The van der Waals surface area contributed by atoms with Gasteiger partial charge in [0.2, 0.25) is 10.0 Å². The largest absolute Gasteiger partial charge is 0.389 e. The number of hydrogen-bond donors (Lipinski definition) is 2. The molecule has 0 amide bonds. The van der Waals surface area contributed by atoms with Crippen LogP contribution in [0.15, 0.2) is 29.2 Å². The molecule has 5 nitrogen and oxygen atoms in total. The molecule has 0 aliphatic rings. The Morgan fingerprint density at radius 2 is 1.90 bits per heavy atom.